The molecule has 2 aliphatic rings. The summed E-state index contributed by atoms with van der Waals surface area (Å²) in [6.45, 7) is 4.81. The van der Waals surface area contributed by atoms with Crippen LogP contribution in [0.25, 0.3) is 0 Å². The van der Waals surface area contributed by atoms with Gasteiger partial charge in [-0.05, 0) is 37.5 Å². The predicted octanol–water partition coefficient (Wildman–Crippen LogP) is 0.285. The maximum atomic E-state index is 12.4. The second-order valence-electron chi connectivity index (χ2n) is 8.86. The molecule has 9 heteroatoms. The van der Waals surface area contributed by atoms with Crippen molar-refractivity contribution in [2.24, 2.45) is 5.41 Å². The Kier molecular flexibility index (Phi) is 6.56. The highest BCUT2D eigenvalue weighted by Crippen LogP contribution is 2.31. The lowest BCUT2D eigenvalue weighted by Crippen LogP contribution is -2.50. The van der Waals surface area contributed by atoms with Crippen molar-refractivity contribution < 1.29 is 14.3 Å². The number of carbonyl (C=O) groups is 2. The molecule has 2 fully saturated rings. The summed E-state index contributed by atoms with van der Waals surface area (Å²) in [5.41, 5.74) is -0.961. The van der Waals surface area contributed by atoms with E-state index in [9.17, 15) is 19.2 Å². The molecule has 0 spiro atoms. The predicted molar refractivity (Wildman–Crippen MR) is 106 cm³/mol. The summed E-state index contributed by atoms with van der Waals surface area (Å²) < 4.78 is 6.96. The SMILES string of the molecule is CC1(C)CCC(CC(=O)N[C@H]2CCC[C@H]2NC(=O)Cn2ccc(=O)[nH]c2=O)OC1. The molecule has 1 aromatic rings. The van der Waals surface area contributed by atoms with Crippen molar-refractivity contribution in [3.63, 3.8) is 0 Å². The summed E-state index contributed by atoms with van der Waals surface area (Å²) in [7, 11) is 0. The Morgan fingerprint density at radius 1 is 1.17 bits per heavy atom. The molecule has 29 heavy (non-hydrogen) atoms. The summed E-state index contributed by atoms with van der Waals surface area (Å²) in [5.74, 6) is -0.388. The van der Waals surface area contributed by atoms with E-state index in [2.05, 4.69) is 29.5 Å². The first-order valence-electron chi connectivity index (χ1n) is 10.2. The summed E-state index contributed by atoms with van der Waals surface area (Å²) in [6, 6.07) is 0.900. The fraction of sp³-hybridized carbons (Fsp3) is 0.700. The molecule has 0 bridgehead atoms. The number of hydrogen-bond acceptors (Lipinski definition) is 5. The lowest BCUT2D eigenvalue weighted by Gasteiger charge is -2.34. The molecular weight excluding hydrogens is 376 g/mol. The van der Waals surface area contributed by atoms with Gasteiger partial charge in [0.2, 0.25) is 11.8 Å². The van der Waals surface area contributed by atoms with Crippen molar-refractivity contribution in [3.05, 3.63) is 33.1 Å². The molecule has 2 amide bonds. The first-order chi connectivity index (χ1) is 13.7. The topological polar surface area (TPSA) is 122 Å². The highest BCUT2D eigenvalue weighted by Gasteiger charge is 2.32. The zero-order chi connectivity index (χ0) is 21.0. The van der Waals surface area contributed by atoms with Crippen molar-refractivity contribution in [1.82, 2.24) is 20.2 Å². The number of rotatable bonds is 6. The third kappa shape index (κ3) is 6.03. The first-order valence-corrected chi connectivity index (χ1v) is 10.2. The van der Waals surface area contributed by atoms with Crippen molar-refractivity contribution in [2.75, 3.05) is 6.61 Å². The van der Waals surface area contributed by atoms with Crippen LogP contribution in [-0.2, 0) is 20.9 Å². The van der Waals surface area contributed by atoms with E-state index in [0.717, 1.165) is 36.7 Å². The molecule has 2 heterocycles. The molecule has 3 atom stereocenters. The van der Waals surface area contributed by atoms with Crippen LogP contribution in [0.2, 0.25) is 0 Å². The van der Waals surface area contributed by atoms with Crippen LogP contribution in [0, 0.1) is 5.41 Å². The van der Waals surface area contributed by atoms with Gasteiger partial charge >= 0.3 is 5.69 Å². The van der Waals surface area contributed by atoms with Gasteiger partial charge in [0, 0.05) is 24.3 Å². The number of nitrogens with zero attached hydrogens (tertiary/aromatic N) is 1. The molecule has 1 aliphatic carbocycles. The Morgan fingerprint density at radius 3 is 2.48 bits per heavy atom. The minimum Gasteiger partial charge on any atom is -0.377 e. The molecule has 0 radical (unpaired) electrons. The lowest BCUT2D eigenvalue weighted by atomic mass is 9.85. The number of hydrogen-bond donors (Lipinski definition) is 3. The summed E-state index contributed by atoms with van der Waals surface area (Å²) in [6.07, 6.45) is 5.96. The average molecular weight is 406 g/mol. The Balaban J connectivity index is 1.48. The van der Waals surface area contributed by atoms with Crippen LogP contribution in [0.5, 0.6) is 0 Å². The molecule has 1 saturated heterocycles. The van der Waals surface area contributed by atoms with Crippen LogP contribution >= 0.6 is 0 Å². The second-order valence-corrected chi connectivity index (χ2v) is 8.86. The van der Waals surface area contributed by atoms with Gasteiger partial charge in [-0.2, -0.15) is 0 Å². The summed E-state index contributed by atoms with van der Waals surface area (Å²) >= 11 is 0. The van der Waals surface area contributed by atoms with E-state index in [1.165, 1.54) is 12.3 Å². The molecule has 9 nitrogen and oxygen atoms in total. The van der Waals surface area contributed by atoms with E-state index in [4.69, 9.17) is 4.74 Å². The smallest absolute Gasteiger partial charge is 0.328 e. The average Bonchev–Trinajstić information content (AvgIpc) is 3.06. The highest BCUT2D eigenvalue weighted by atomic mass is 16.5. The number of nitrogens with one attached hydrogen (secondary N) is 3. The van der Waals surface area contributed by atoms with E-state index >= 15 is 0 Å². The minimum atomic E-state index is -0.625. The van der Waals surface area contributed by atoms with Crippen molar-refractivity contribution >= 4 is 11.8 Å². The van der Waals surface area contributed by atoms with Crippen LogP contribution in [0.4, 0.5) is 0 Å². The quantitative estimate of drug-likeness (QED) is 0.627. The van der Waals surface area contributed by atoms with E-state index < -0.39 is 11.2 Å². The maximum absolute atomic E-state index is 12.4. The Hall–Kier alpha value is -2.42. The lowest BCUT2D eigenvalue weighted by molar-refractivity contribution is -0.128. The molecule has 1 aromatic heterocycles. The van der Waals surface area contributed by atoms with E-state index in [1.807, 2.05) is 0 Å². The van der Waals surface area contributed by atoms with Crippen LogP contribution in [0.3, 0.4) is 0 Å². The van der Waals surface area contributed by atoms with Crippen molar-refractivity contribution in [2.45, 2.75) is 77.1 Å². The van der Waals surface area contributed by atoms with E-state index in [0.29, 0.717) is 13.0 Å². The Morgan fingerprint density at radius 2 is 1.86 bits per heavy atom. The van der Waals surface area contributed by atoms with Crippen LogP contribution in [-0.4, -0.2) is 46.2 Å². The van der Waals surface area contributed by atoms with Crippen LogP contribution in [0.1, 0.15) is 52.4 Å². The van der Waals surface area contributed by atoms with Crippen LogP contribution < -0.4 is 21.9 Å². The van der Waals surface area contributed by atoms with Gasteiger partial charge in [-0.25, -0.2) is 4.79 Å². The van der Waals surface area contributed by atoms with Crippen LogP contribution in [0.15, 0.2) is 21.9 Å². The molecule has 1 aliphatic heterocycles. The monoisotopic (exact) mass is 406 g/mol. The fourth-order valence-electron chi connectivity index (χ4n) is 3.97. The number of amides is 2. The Bertz CT molecular complexity index is 849. The number of H-pyrrole nitrogens is 1. The number of carbonyl (C=O) groups excluding carboxylic acids is 2. The van der Waals surface area contributed by atoms with Gasteiger partial charge in [-0.15, -0.1) is 0 Å². The first kappa shape index (κ1) is 21.3. The molecule has 1 saturated carbocycles. The normalized spacial score (nSPS) is 26.1. The zero-order valence-electron chi connectivity index (χ0n) is 17.0. The van der Waals surface area contributed by atoms with Crippen molar-refractivity contribution in [3.8, 4) is 0 Å². The van der Waals surface area contributed by atoms with E-state index in [-0.39, 0.29) is 42.0 Å². The molecule has 160 valence electrons. The van der Waals surface area contributed by atoms with Gasteiger partial charge in [-0.3, -0.25) is 23.9 Å². The molecular formula is C20H30N4O5. The summed E-state index contributed by atoms with van der Waals surface area (Å²) in [4.78, 5) is 49.7. The number of aromatic amines is 1. The highest BCUT2D eigenvalue weighted by molar-refractivity contribution is 5.78. The fourth-order valence-corrected chi connectivity index (χ4v) is 3.97. The van der Waals surface area contributed by atoms with Gasteiger partial charge in [0.1, 0.15) is 6.54 Å². The van der Waals surface area contributed by atoms with Gasteiger partial charge in [-0.1, -0.05) is 13.8 Å². The van der Waals surface area contributed by atoms with E-state index in [1.54, 1.807) is 0 Å². The largest absolute Gasteiger partial charge is 0.377 e. The van der Waals surface area contributed by atoms with Crippen molar-refractivity contribution in [1.29, 1.82) is 0 Å². The zero-order valence-corrected chi connectivity index (χ0v) is 17.0. The molecule has 3 N–H and O–H groups in total. The molecule has 1 unspecified atom stereocenters. The standard InChI is InChI=1S/C20H30N4O5/c1-20(2)8-6-13(29-12-20)10-17(26)21-14-4-3-5-15(14)22-18(27)11-24-9-7-16(25)23-19(24)28/h7,9,13-15H,3-6,8,10-12H2,1-2H3,(H,21,26)(H,22,27)(H,23,25,28)/t13?,14-,15+/m0/s1. The molecule has 0 aromatic carbocycles. The van der Waals surface area contributed by atoms with Gasteiger partial charge in [0.15, 0.2) is 0 Å². The Labute approximate surface area is 169 Å². The molecule has 3 rings (SSSR count). The van der Waals surface area contributed by atoms with Gasteiger partial charge in [0.25, 0.3) is 5.56 Å². The maximum Gasteiger partial charge on any atom is 0.328 e. The van der Waals surface area contributed by atoms with Gasteiger partial charge < -0.3 is 15.4 Å². The van der Waals surface area contributed by atoms with Gasteiger partial charge in [0.05, 0.1) is 19.1 Å². The number of ether oxygens (including phenoxy) is 1. The number of aromatic nitrogens is 2. The third-order valence-electron chi connectivity index (χ3n) is 5.69. The summed E-state index contributed by atoms with van der Waals surface area (Å²) in [5, 5.41) is 5.94. The third-order valence-corrected chi connectivity index (χ3v) is 5.69. The minimum absolute atomic E-state index is 0.0513. The second kappa shape index (κ2) is 8.94.